The molecule has 0 bridgehead atoms. The van der Waals surface area contributed by atoms with Crippen LogP contribution in [0, 0.1) is 5.82 Å². The lowest BCUT2D eigenvalue weighted by atomic mass is 10.1. The van der Waals surface area contributed by atoms with Crippen LogP contribution in [0.5, 0.6) is 0 Å². The molecule has 0 aliphatic rings. The average Bonchev–Trinajstić information content (AvgIpc) is 2.49. The molecule has 0 unspecified atom stereocenters. The second-order valence-electron chi connectivity index (χ2n) is 5.29. The highest BCUT2D eigenvalue weighted by atomic mass is 19.1. The topological polar surface area (TPSA) is 36.4 Å². The number of hydrogen-bond donors (Lipinski definition) is 1. The van der Waals surface area contributed by atoms with Crippen molar-refractivity contribution in [3.05, 3.63) is 53.5 Å². The number of rotatable bonds is 5. The molecule has 21 heavy (non-hydrogen) atoms. The van der Waals surface area contributed by atoms with Gasteiger partial charge in [0.25, 0.3) is 0 Å². The molecule has 2 aromatic rings. The van der Waals surface area contributed by atoms with E-state index in [1.807, 2.05) is 24.0 Å². The van der Waals surface area contributed by atoms with E-state index in [0.29, 0.717) is 6.54 Å². The van der Waals surface area contributed by atoms with Crippen molar-refractivity contribution in [2.45, 2.75) is 33.3 Å². The number of nitrogens with zero attached hydrogens (tertiary/aromatic N) is 2. The van der Waals surface area contributed by atoms with Gasteiger partial charge in [0, 0.05) is 17.9 Å². The van der Waals surface area contributed by atoms with Gasteiger partial charge in [0.1, 0.15) is 11.6 Å². The van der Waals surface area contributed by atoms with Gasteiger partial charge in [-0.2, -0.15) is 0 Å². The molecule has 0 spiro atoms. The smallest absolute Gasteiger partial charge is 0.133 e. The largest absolute Gasteiger partial charge is 0.392 e. The fourth-order valence-corrected chi connectivity index (χ4v) is 2.22. The highest BCUT2D eigenvalue weighted by Crippen LogP contribution is 2.26. The first-order valence-electron chi connectivity index (χ1n) is 7.20. The number of aliphatic hydroxyl groups excluding tert-OH is 1. The minimum atomic E-state index is -0.255. The Morgan fingerprint density at radius 3 is 2.38 bits per heavy atom. The van der Waals surface area contributed by atoms with Gasteiger partial charge in [-0.3, -0.25) is 0 Å². The molecule has 0 radical (unpaired) electrons. The summed E-state index contributed by atoms with van der Waals surface area (Å²) in [5.41, 5.74) is 2.66. The molecule has 0 amide bonds. The van der Waals surface area contributed by atoms with Crippen LogP contribution < -0.4 is 4.90 Å². The Bertz CT molecular complexity index is 596. The van der Waals surface area contributed by atoms with Crippen LogP contribution in [0.4, 0.5) is 15.9 Å². The average molecular weight is 288 g/mol. The van der Waals surface area contributed by atoms with Crippen LogP contribution in [-0.4, -0.2) is 16.6 Å². The summed E-state index contributed by atoms with van der Waals surface area (Å²) < 4.78 is 13.1. The van der Waals surface area contributed by atoms with Gasteiger partial charge in [0.2, 0.25) is 0 Å². The maximum Gasteiger partial charge on any atom is 0.133 e. The van der Waals surface area contributed by atoms with E-state index in [4.69, 9.17) is 0 Å². The van der Waals surface area contributed by atoms with Crippen LogP contribution in [0.1, 0.15) is 37.9 Å². The Balaban J connectivity index is 2.46. The number of halogens is 1. The molecule has 1 aromatic heterocycles. The maximum absolute atomic E-state index is 13.1. The molecule has 1 aromatic carbocycles. The van der Waals surface area contributed by atoms with Crippen LogP contribution in [-0.2, 0) is 6.61 Å². The molecule has 112 valence electrons. The third-order valence-electron chi connectivity index (χ3n) is 3.40. The van der Waals surface area contributed by atoms with Crippen LogP contribution >= 0.6 is 0 Å². The van der Waals surface area contributed by atoms with Gasteiger partial charge in [-0.1, -0.05) is 13.8 Å². The predicted molar refractivity (Wildman–Crippen MR) is 83.3 cm³/mol. The third-order valence-corrected chi connectivity index (χ3v) is 3.40. The molecule has 0 saturated carbocycles. The highest BCUT2D eigenvalue weighted by Gasteiger charge is 2.12. The molecular formula is C17H21FN2O. The first-order valence-corrected chi connectivity index (χ1v) is 7.20. The minimum Gasteiger partial charge on any atom is -0.392 e. The molecular weight excluding hydrogens is 267 g/mol. The fraction of sp³-hybridized carbons (Fsp3) is 0.353. The van der Waals surface area contributed by atoms with E-state index in [1.54, 1.807) is 12.1 Å². The van der Waals surface area contributed by atoms with Gasteiger partial charge < -0.3 is 10.0 Å². The van der Waals surface area contributed by atoms with E-state index in [9.17, 15) is 9.50 Å². The molecule has 1 heterocycles. The Morgan fingerprint density at radius 1 is 1.19 bits per heavy atom. The Kier molecular flexibility index (Phi) is 4.91. The van der Waals surface area contributed by atoms with E-state index in [-0.39, 0.29) is 18.3 Å². The van der Waals surface area contributed by atoms with Crippen LogP contribution in [0.15, 0.2) is 36.4 Å². The van der Waals surface area contributed by atoms with Gasteiger partial charge in [0.15, 0.2) is 0 Å². The van der Waals surface area contributed by atoms with Gasteiger partial charge >= 0.3 is 0 Å². The van der Waals surface area contributed by atoms with E-state index in [2.05, 4.69) is 18.8 Å². The van der Waals surface area contributed by atoms with E-state index < -0.39 is 0 Å². The monoisotopic (exact) mass is 288 g/mol. The summed E-state index contributed by atoms with van der Waals surface area (Å²) in [6, 6.07) is 10.2. The molecule has 0 aliphatic carbocycles. The summed E-state index contributed by atoms with van der Waals surface area (Å²) in [4.78, 5) is 6.68. The van der Waals surface area contributed by atoms with Crippen molar-refractivity contribution in [1.82, 2.24) is 4.98 Å². The van der Waals surface area contributed by atoms with Crippen molar-refractivity contribution < 1.29 is 9.50 Å². The minimum absolute atomic E-state index is 0.0176. The van der Waals surface area contributed by atoms with Gasteiger partial charge in [-0.25, -0.2) is 9.37 Å². The van der Waals surface area contributed by atoms with Crippen LogP contribution in [0.25, 0.3) is 0 Å². The molecule has 0 fully saturated rings. The number of pyridine rings is 1. The SMILES string of the molecule is CCN(c1ccc(F)cc1)c1cc(CO)cc(C(C)C)n1. The second-order valence-corrected chi connectivity index (χ2v) is 5.29. The van der Waals surface area contributed by atoms with Crippen molar-refractivity contribution in [3.8, 4) is 0 Å². The lowest BCUT2D eigenvalue weighted by Gasteiger charge is -2.24. The van der Waals surface area contributed by atoms with Crippen molar-refractivity contribution in [3.63, 3.8) is 0 Å². The quantitative estimate of drug-likeness (QED) is 0.903. The summed E-state index contributed by atoms with van der Waals surface area (Å²) in [7, 11) is 0. The third kappa shape index (κ3) is 3.58. The van der Waals surface area contributed by atoms with E-state index in [1.165, 1.54) is 12.1 Å². The molecule has 0 atom stereocenters. The Labute approximate surface area is 125 Å². The van der Waals surface area contributed by atoms with Crippen LogP contribution in [0.2, 0.25) is 0 Å². The number of hydrogen-bond acceptors (Lipinski definition) is 3. The first kappa shape index (κ1) is 15.4. The second kappa shape index (κ2) is 6.68. The van der Waals surface area contributed by atoms with Gasteiger partial charge in [0.05, 0.1) is 6.61 Å². The lowest BCUT2D eigenvalue weighted by Crippen LogP contribution is -2.18. The van der Waals surface area contributed by atoms with Crippen molar-refractivity contribution in [1.29, 1.82) is 0 Å². The Morgan fingerprint density at radius 2 is 1.86 bits per heavy atom. The van der Waals surface area contributed by atoms with Crippen LogP contribution in [0.3, 0.4) is 0 Å². The molecule has 0 aliphatic heterocycles. The van der Waals surface area contributed by atoms with E-state index >= 15 is 0 Å². The number of anilines is 2. The summed E-state index contributed by atoms with van der Waals surface area (Å²) in [6.07, 6.45) is 0. The Hall–Kier alpha value is -1.94. The van der Waals surface area contributed by atoms with Gasteiger partial charge in [-0.05, 0) is 54.8 Å². The van der Waals surface area contributed by atoms with Crippen molar-refractivity contribution in [2.24, 2.45) is 0 Å². The fourth-order valence-electron chi connectivity index (χ4n) is 2.22. The van der Waals surface area contributed by atoms with E-state index in [0.717, 1.165) is 22.8 Å². The zero-order chi connectivity index (χ0) is 15.4. The maximum atomic E-state index is 13.1. The normalized spacial score (nSPS) is 11.0. The summed E-state index contributed by atoms with van der Waals surface area (Å²) >= 11 is 0. The van der Waals surface area contributed by atoms with Crippen molar-refractivity contribution in [2.75, 3.05) is 11.4 Å². The zero-order valence-electron chi connectivity index (χ0n) is 12.7. The van der Waals surface area contributed by atoms with Crippen molar-refractivity contribution >= 4 is 11.5 Å². The first-order chi connectivity index (χ1) is 10.0. The molecule has 1 N–H and O–H groups in total. The molecule has 4 heteroatoms. The summed E-state index contributed by atoms with van der Waals surface area (Å²) in [6.45, 7) is 6.86. The number of benzene rings is 1. The molecule has 3 nitrogen and oxygen atoms in total. The van der Waals surface area contributed by atoms with Gasteiger partial charge in [-0.15, -0.1) is 0 Å². The lowest BCUT2D eigenvalue weighted by molar-refractivity contribution is 0.281. The number of aliphatic hydroxyl groups is 1. The number of aromatic nitrogens is 1. The standard InChI is InChI=1S/C17H21FN2O/c1-4-20(15-7-5-14(18)6-8-15)17-10-13(11-21)9-16(19-17)12(2)3/h5-10,12,21H,4,11H2,1-3H3. The molecule has 0 saturated heterocycles. The zero-order valence-corrected chi connectivity index (χ0v) is 12.7. The summed E-state index contributed by atoms with van der Waals surface area (Å²) in [5.74, 6) is 0.802. The highest BCUT2D eigenvalue weighted by molar-refractivity contribution is 5.60. The predicted octanol–water partition coefficient (Wildman–Crippen LogP) is 3.99. The molecule has 2 rings (SSSR count). The summed E-state index contributed by atoms with van der Waals surface area (Å²) in [5, 5.41) is 9.43.